The minimum absolute atomic E-state index is 0.562. The van der Waals surface area contributed by atoms with E-state index in [0.29, 0.717) is 5.41 Å². The highest BCUT2D eigenvalue weighted by atomic mass is 15.0. The Hall–Kier alpha value is -0.0800. The summed E-state index contributed by atoms with van der Waals surface area (Å²) in [7, 11) is 0. The third kappa shape index (κ3) is 3.21. The zero-order valence-corrected chi connectivity index (χ0v) is 10.9. The van der Waals surface area contributed by atoms with Crippen molar-refractivity contribution in [2.24, 2.45) is 5.41 Å². The van der Waals surface area contributed by atoms with Crippen LogP contribution in [0, 0.1) is 5.41 Å². The smallest absolute Gasteiger partial charge is 0.00673 e. The minimum Gasteiger partial charge on any atom is -0.316 e. The van der Waals surface area contributed by atoms with Gasteiger partial charge in [0, 0.05) is 19.1 Å². The van der Waals surface area contributed by atoms with Gasteiger partial charge in [0.25, 0.3) is 0 Å². The zero-order valence-electron chi connectivity index (χ0n) is 10.9. The van der Waals surface area contributed by atoms with Gasteiger partial charge in [0.2, 0.25) is 0 Å². The third-order valence-electron chi connectivity index (χ3n) is 4.70. The van der Waals surface area contributed by atoms with E-state index in [9.17, 15) is 0 Å². The Kier molecular flexibility index (Phi) is 4.66. The van der Waals surface area contributed by atoms with Crippen molar-refractivity contribution in [2.75, 3.05) is 19.6 Å². The van der Waals surface area contributed by atoms with E-state index in [1.807, 2.05) is 0 Å². The third-order valence-corrected chi connectivity index (χ3v) is 4.70. The first-order chi connectivity index (χ1) is 7.85. The summed E-state index contributed by atoms with van der Waals surface area (Å²) in [5.41, 5.74) is 0.562. The highest BCUT2D eigenvalue weighted by Gasteiger charge is 2.32. The molecule has 1 saturated heterocycles. The monoisotopic (exact) mass is 224 g/mol. The Balaban J connectivity index is 1.76. The lowest BCUT2D eigenvalue weighted by Gasteiger charge is -2.29. The molecule has 2 nitrogen and oxygen atoms in total. The molecule has 16 heavy (non-hydrogen) atoms. The Morgan fingerprint density at radius 2 is 1.94 bits per heavy atom. The van der Waals surface area contributed by atoms with Gasteiger partial charge in [-0.25, -0.2) is 0 Å². The molecule has 0 aromatic rings. The van der Waals surface area contributed by atoms with Crippen molar-refractivity contribution >= 4 is 0 Å². The zero-order chi connectivity index (χ0) is 11.3. The van der Waals surface area contributed by atoms with Crippen LogP contribution in [0.25, 0.3) is 0 Å². The molecule has 0 bridgehead atoms. The molecule has 1 unspecified atom stereocenters. The second-order valence-corrected chi connectivity index (χ2v) is 5.85. The van der Waals surface area contributed by atoms with Gasteiger partial charge in [-0.05, 0) is 37.6 Å². The lowest BCUT2D eigenvalue weighted by atomic mass is 9.84. The first-order valence-corrected chi connectivity index (χ1v) is 7.29. The summed E-state index contributed by atoms with van der Waals surface area (Å²) in [5, 5.41) is 7.38. The molecular weight excluding hydrogens is 196 g/mol. The Labute approximate surface area is 101 Å². The molecule has 0 aromatic carbocycles. The molecule has 94 valence electrons. The number of rotatable bonds is 4. The van der Waals surface area contributed by atoms with Crippen molar-refractivity contribution in [3.05, 3.63) is 0 Å². The fourth-order valence-electron chi connectivity index (χ4n) is 3.22. The van der Waals surface area contributed by atoms with E-state index in [-0.39, 0.29) is 0 Å². The molecule has 1 heterocycles. The highest BCUT2D eigenvalue weighted by Crippen LogP contribution is 2.29. The summed E-state index contributed by atoms with van der Waals surface area (Å²) in [6.07, 6.45) is 11.3. The van der Waals surface area contributed by atoms with Gasteiger partial charge < -0.3 is 10.6 Å². The van der Waals surface area contributed by atoms with Gasteiger partial charge in [-0.2, -0.15) is 0 Å². The first kappa shape index (κ1) is 12.4. The van der Waals surface area contributed by atoms with Gasteiger partial charge in [-0.1, -0.05) is 32.6 Å². The van der Waals surface area contributed by atoms with Gasteiger partial charge in [0.15, 0.2) is 0 Å². The van der Waals surface area contributed by atoms with Crippen LogP contribution in [0.1, 0.15) is 58.3 Å². The van der Waals surface area contributed by atoms with Crippen molar-refractivity contribution in [1.82, 2.24) is 10.6 Å². The molecule has 0 amide bonds. The average Bonchev–Trinajstić information content (AvgIpc) is 2.63. The lowest BCUT2D eigenvalue weighted by Crippen LogP contribution is -2.40. The van der Waals surface area contributed by atoms with E-state index < -0.39 is 0 Å². The van der Waals surface area contributed by atoms with Crippen molar-refractivity contribution in [3.8, 4) is 0 Å². The number of hydrogen-bond acceptors (Lipinski definition) is 2. The molecular formula is C14H28N2. The van der Waals surface area contributed by atoms with E-state index in [2.05, 4.69) is 17.6 Å². The molecule has 1 aliphatic carbocycles. The summed E-state index contributed by atoms with van der Waals surface area (Å²) >= 11 is 0. The fraction of sp³-hybridized carbons (Fsp3) is 1.00. The van der Waals surface area contributed by atoms with Gasteiger partial charge >= 0.3 is 0 Å². The molecule has 2 N–H and O–H groups in total. The summed E-state index contributed by atoms with van der Waals surface area (Å²) in [6.45, 7) is 6.03. The summed E-state index contributed by atoms with van der Waals surface area (Å²) < 4.78 is 0. The van der Waals surface area contributed by atoms with E-state index in [1.54, 1.807) is 0 Å². The molecule has 1 atom stereocenters. The van der Waals surface area contributed by atoms with Crippen molar-refractivity contribution < 1.29 is 0 Å². The average molecular weight is 224 g/mol. The number of hydrogen-bond donors (Lipinski definition) is 2. The largest absolute Gasteiger partial charge is 0.316 e. The molecule has 2 fully saturated rings. The van der Waals surface area contributed by atoms with Gasteiger partial charge in [-0.15, -0.1) is 0 Å². The van der Waals surface area contributed by atoms with Gasteiger partial charge in [-0.3, -0.25) is 0 Å². The maximum absolute atomic E-state index is 3.86. The van der Waals surface area contributed by atoms with Crippen LogP contribution in [0.15, 0.2) is 0 Å². The Bertz CT molecular complexity index is 189. The van der Waals surface area contributed by atoms with E-state index >= 15 is 0 Å². The lowest BCUT2D eigenvalue weighted by molar-refractivity contribution is 0.270. The van der Waals surface area contributed by atoms with Crippen LogP contribution in [-0.2, 0) is 0 Å². The summed E-state index contributed by atoms with van der Waals surface area (Å²) in [4.78, 5) is 0. The van der Waals surface area contributed by atoms with Gasteiger partial charge in [0.1, 0.15) is 0 Å². The second kappa shape index (κ2) is 6.02. The van der Waals surface area contributed by atoms with Crippen LogP contribution in [0.2, 0.25) is 0 Å². The van der Waals surface area contributed by atoms with Crippen LogP contribution >= 0.6 is 0 Å². The van der Waals surface area contributed by atoms with Crippen LogP contribution in [-0.4, -0.2) is 25.7 Å². The first-order valence-electron chi connectivity index (χ1n) is 7.29. The summed E-state index contributed by atoms with van der Waals surface area (Å²) in [5.74, 6) is 0. The molecule has 0 aromatic heterocycles. The maximum Gasteiger partial charge on any atom is 0.00673 e. The SMILES string of the molecule is CCC1(CNC2CCCCCC2)CCNC1. The van der Waals surface area contributed by atoms with E-state index in [4.69, 9.17) is 0 Å². The predicted molar refractivity (Wildman–Crippen MR) is 69.7 cm³/mol. The Morgan fingerprint density at radius 3 is 2.50 bits per heavy atom. The van der Waals surface area contributed by atoms with Gasteiger partial charge in [0.05, 0.1) is 0 Å². The highest BCUT2D eigenvalue weighted by molar-refractivity contribution is 4.89. The molecule has 2 rings (SSSR count). The number of nitrogens with one attached hydrogen (secondary N) is 2. The Morgan fingerprint density at radius 1 is 1.19 bits per heavy atom. The van der Waals surface area contributed by atoms with E-state index in [0.717, 1.165) is 6.04 Å². The normalized spacial score (nSPS) is 32.8. The molecule has 1 saturated carbocycles. The predicted octanol–water partition coefficient (Wildman–Crippen LogP) is 2.69. The quantitative estimate of drug-likeness (QED) is 0.718. The summed E-state index contributed by atoms with van der Waals surface area (Å²) in [6, 6.07) is 0.812. The maximum atomic E-state index is 3.86. The standard InChI is InChI=1S/C14H28N2/c1-2-14(9-10-15-11-14)12-16-13-7-5-3-4-6-8-13/h13,15-16H,2-12H2,1H3. The molecule has 1 aliphatic heterocycles. The molecule has 0 spiro atoms. The topological polar surface area (TPSA) is 24.1 Å². The van der Waals surface area contributed by atoms with Crippen molar-refractivity contribution in [3.63, 3.8) is 0 Å². The van der Waals surface area contributed by atoms with Crippen LogP contribution in [0.5, 0.6) is 0 Å². The molecule has 2 aliphatic rings. The van der Waals surface area contributed by atoms with Crippen LogP contribution in [0.4, 0.5) is 0 Å². The fourth-order valence-corrected chi connectivity index (χ4v) is 3.22. The minimum atomic E-state index is 0.562. The van der Waals surface area contributed by atoms with E-state index in [1.165, 1.54) is 71.0 Å². The van der Waals surface area contributed by atoms with Crippen molar-refractivity contribution in [1.29, 1.82) is 0 Å². The second-order valence-electron chi connectivity index (χ2n) is 5.85. The molecule has 2 heteroatoms. The van der Waals surface area contributed by atoms with Crippen molar-refractivity contribution in [2.45, 2.75) is 64.3 Å². The van der Waals surface area contributed by atoms with Crippen LogP contribution in [0.3, 0.4) is 0 Å². The van der Waals surface area contributed by atoms with Crippen LogP contribution < -0.4 is 10.6 Å². The molecule has 0 radical (unpaired) electrons.